The number of carbonyl (C=O) groups is 1. The molecule has 20 heavy (non-hydrogen) atoms. The zero-order valence-electron chi connectivity index (χ0n) is 11.6. The van der Waals surface area contributed by atoms with E-state index in [2.05, 4.69) is 4.90 Å². The van der Waals surface area contributed by atoms with E-state index in [0.717, 1.165) is 18.4 Å². The molecule has 1 amide bonds. The summed E-state index contributed by atoms with van der Waals surface area (Å²) in [5, 5.41) is 0. The van der Waals surface area contributed by atoms with Crippen LogP contribution >= 0.6 is 0 Å². The molecule has 4 N–H and O–H groups in total. The monoisotopic (exact) mass is 279 g/mol. The minimum Gasteiger partial charge on any atom is -0.369 e. The second-order valence-electron chi connectivity index (χ2n) is 5.38. The molecular weight excluding hydrogens is 257 g/mol. The third-order valence-corrected chi connectivity index (χ3v) is 4.01. The molecule has 2 rings (SSSR count). The minimum absolute atomic E-state index is 0.0915. The van der Waals surface area contributed by atoms with Gasteiger partial charge in [0.05, 0.1) is 6.54 Å². The van der Waals surface area contributed by atoms with Crippen molar-refractivity contribution in [2.24, 2.45) is 11.5 Å². The number of amides is 1. The molecule has 0 aromatic heterocycles. The summed E-state index contributed by atoms with van der Waals surface area (Å²) in [6, 6.07) is 6.56. The Morgan fingerprint density at radius 2 is 1.90 bits per heavy atom. The van der Waals surface area contributed by atoms with Crippen molar-refractivity contribution in [3.05, 3.63) is 35.6 Å². The first-order chi connectivity index (χ1) is 9.61. The van der Waals surface area contributed by atoms with Gasteiger partial charge in [-0.3, -0.25) is 9.69 Å². The van der Waals surface area contributed by atoms with Crippen molar-refractivity contribution in [3.8, 4) is 0 Å². The molecule has 1 unspecified atom stereocenters. The van der Waals surface area contributed by atoms with Crippen LogP contribution in [-0.4, -0.2) is 29.9 Å². The van der Waals surface area contributed by atoms with Crippen LogP contribution in [0, 0.1) is 5.82 Å². The third kappa shape index (κ3) is 3.55. The fourth-order valence-corrected chi connectivity index (χ4v) is 3.06. The normalized spacial score (nSPS) is 17.6. The zero-order chi connectivity index (χ0) is 14.5. The van der Waals surface area contributed by atoms with Gasteiger partial charge in [0, 0.05) is 18.6 Å². The van der Waals surface area contributed by atoms with Crippen molar-refractivity contribution >= 4 is 5.91 Å². The molecule has 0 saturated heterocycles. The first-order valence-electron chi connectivity index (χ1n) is 7.11. The third-order valence-electron chi connectivity index (χ3n) is 4.01. The van der Waals surface area contributed by atoms with Gasteiger partial charge >= 0.3 is 0 Å². The van der Waals surface area contributed by atoms with E-state index in [0.29, 0.717) is 12.6 Å². The molecule has 5 heteroatoms. The number of rotatable bonds is 6. The lowest BCUT2D eigenvalue weighted by molar-refractivity contribution is -0.120. The maximum absolute atomic E-state index is 13.0. The van der Waals surface area contributed by atoms with Gasteiger partial charge in [0.1, 0.15) is 5.82 Å². The van der Waals surface area contributed by atoms with Crippen molar-refractivity contribution in [2.45, 2.75) is 37.8 Å². The van der Waals surface area contributed by atoms with Gasteiger partial charge in [0.15, 0.2) is 0 Å². The quantitative estimate of drug-likeness (QED) is 0.830. The highest BCUT2D eigenvalue weighted by molar-refractivity contribution is 5.76. The number of benzene rings is 1. The van der Waals surface area contributed by atoms with Crippen molar-refractivity contribution < 1.29 is 9.18 Å². The molecule has 4 nitrogen and oxygen atoms in total. The van der Waals surface area contributed by atoms with Gasteiger partial charge < -0.3 is 11.5 Å². The van der Waals surface area contributed by atoms with Crippen LogP contribution < -0.4 is 11.5 Å². The van der Waals surface area contributed by atoms with Gasteiger partial charge in [-0.2, -0.15) is 0 Å². The fraction of sp³-hybridized carbons (Fsp3) is 0.533. The van der Waals surface area contributed by atoms with Gasteiger partial charge in [-0.1, -0.05) is 25.0 Å². The molecule has 0 bridgehead atoms. The number of carbonyl (C=O) groups excluding carboxylic acids is 1. The molecule has 0 radical (unpaired) electrons. The van der Waals surface area contributed by atoms with Crippen LogP contribution in [0.2, 0.25) is 0 Å². The second-order valence-corrected chi connectivity index (χ2v) is 5.38. The Hall–Kier alpha value is -1.46. The Labute approximate surface area is 118 Å². The van der Waals surface area contributed by atoms with E-state index in [1.165, 1.54) is 25.0 Å². The van der Waals surface area contributed by atoms with E-state index in [-0.39, 0.29) is 24.3 Å². The lowest BCUT2D eigenvalue weighted by Gasteiger charge is -2.35. The maximum atomic E-state index is 13.0. The molecule has 0 heterocycles. The van der Waals surface area contributed by atoms with Crippen molar-refractivity contribution in [1.29, 1.82) is 0 Å². The van der Waals surface area contributed by atoms with Gasteiger partial charge in [-0.25, -0.2) is 4.39 Å². The van der Waals surface area contributed by atoms with Crippen LogP contribution in [0.1, 0.15) is 37.3 Å². The number of hydrogen-bond acceptors (Lipinski definition) is 3. The van der Waals surface area contributed by atoms with Crippen LogP contribution in [0.4, 0.5) is 4.39 Å². The van der Waals surface area contributed by atoms with Gasteiger partial charge in [-0.15, -0.1) is 0 Å². The molecule has 1 aliphatic carbocycles. The molecule has 1 saturated carbocycles. The van der Waals surface area contributed by atoms with Crippen LogP contribution in [-0.2, 0) is 4.79 Å². The summed E-state index contributed by atoms with van der Waals surface area (Å²) in [5.74, 6) is -0.621. The van der Waals surface area contributed by atoms with Crippen molar-refractivity contribution in [2.75, 3.05) is 13.1 Å². The lowest BCUT2D eigenvalue weighted by atomic mass is 10.0. The lowest BCUT2D eigenvalue weighted by Crippen LogP contribution is -2.44. The van der Waals surface area contributed by atoms with Gasteiger partial charge in [0.2, 0.25) is 5.91 Å². The van der Waals surface area contributed by atoms with Crippen LogP contribution in [0.15, 0.2) is 24.3 Å². The molecule has 1 aromatic carbocycles. The highest BCUT2D eigenvalue weighted by Gasteiger charge is 2.30. The molecule has 1 aliphatic rings. The van der Waals surface area contributed by atoms with E-state index in [1.54, 1.807) is 12.1 Å². The number of nitrogens with zero attached hydrogens (tertiary/aromatic N) is 1. The Balaban J connectivity index is 2.23. The SMILES string of the molecule is NCC(c1ccc(F)cc1)N(CC(N)=O)C1CCCC1. The minimum atomic E-state index is -0.350. The number of primary amides is 1. The van der Waals surface area contributed by atoms with E-state index in [9.17, 15) is 9.18 Å². The highest BCUT2D eigenvalue weighted by Crippen LogP contribution is 2.30. The fourth-order valence-electron chi connectivity index (χ4n) is 3.06. The smallest absolute Gasteiger partial charge is 0.231 e. The Morgan fingerprint density at radius 1 is 1.30 bits per heavy atom. The number of nitrogens with two attached hydrogens (primary N) is 2. The molecule has 1 atom stereocenters. The topological polar surface area (TPSA) is 72.3 Å². The first kappa shape index (κ1) is 14.9. The van der Waals surface area contributed by atoms with E-state index >= 15 is 0 Å². The van der Waals surface area contributed by atoms with Gasteiger partial charge in [0.25, 0.3) is 0 Å². The summed E-state index contributed by atoms with van der Waals surface area (Å²) in [7, 11) is 0. The number of hydrogen-bond donors (Lipinski definition) is 2. The Kier molecular flexibility index (Phi) is 5.09. The average Bonchev–Trinajstić information content (AvgIpc) is 2.94. The predicted octanol–water partition coefficient (Wildman–Crippen LogP) is 1.56. The predicted molar refractivity (Wildman–Crippen MR) is 76.4 cm³/mol. The molecule has 0 spiro atoms. The van der Waals surface area contributed by atoms with Crippen LogP contribution in [0.3, 0.4) is 0 Å². The summed E-state index contributed by atoms with van der Waals surface area (Å²) in [6.45, 7) is 0.583. The molecule has 1 fully saturated rings. The Morgan fingerprint density at radius 3 is 2.40 bits per heavy atom. The van der Waals surface area contributed by atoms with E-state index < -0.39 is 0 Å². The van der Waals surface area contributed by atoms with Crippen LogP contribution in [0.5, 0.6) is 0 Å². The molecule has 0 aliphatic heterocycles. The standard InChI is InChI=1S/C15H22FN3O/c16-12-7-5-11(6-8-12)14(9-17)19(10-15(18)20)13-3-1-2-4-13/h5-8,13-14H,1-4,9-10,17H2,(H2,18,20). The molecule has 1 aromatic rings. The van der Waals surface area contributed by atoms with Crippen molar-refractivity contribution in [3.63, 3.8) is 0 Å². The van der Waals surface area contributed by atoms with Crippen molar-refractivity contribution in [1.82, 2.24) is 4.90 Å². The zero-order valence-corrected chi connectivity index (χ0v) is 11.6. The summed E-state index contributed by atoms with van der Waals surface area (Å²) >= 11 is 0. The maximum Gasteiger partial charge on any atom is 0.231 e. The average molecular weight is 279 g/mol. The highest BCUT2D eigenvalue weighted by atomic mass is 19.1. The summed E-state index contributed by atoms with van der Waals surface area (Å²) in [6.07, 6.45) is 4.46. The molecule has 110 valence electrons. The largest absolute Gasteiger partial charge is 0.369 e. The summed E-state index contributed by atoms with van der Waals surface area (Å²) in [5.41, 5.74) is 12.2. The van der Waals surface area contributed by atoms with E-state index in [1.807, 2.05) is 0 Å². The molecular formula is C15H22FN3O. The van der Waals surface area contributed by atoms with E-state index in [4.69, 9.17) is 11.5 Å². The number of halogens is 1. The summed E-state index contributed by atoms with van der Waals surface area (Å²) in [4.78, 5) is 13.4. The second kappa shape index (κ2) is 6.81. The van der Waals surface area contributed by atoms with Crippen LogP contribution in [0.25, 0.3) is 0 Å². The van der Waals surface area contributed by atoms with Gasteiger partial charge in [-0.05, 0) is 30.5 Å². The summed E-state index contributed by atoms with van der Waals surface area (Å²) < 4.78 is 13.0. The first-order valence-corrected chi connectivity index (χ1v) is 7.11. The Bertz CT molecular complexity index is 443.